The van der Waals surface area contributed by atoms with Crippen LogP contribution in [0.15, 0.2) is 217 Å². The Morgan fingerprint density at radius 1 is 0.373 bits per heavy atom. The van der Waals surface area contributed by atoms with Crippen molar-refractivity contribution in [3.63, 3.8) is 0 Å². The molecule has 0 saturated heterocycles. The molecular formula is C56H35NOS. The van der Waals surface area contributed by atoms with Gasteiger partial charge in [-0.05, 0) is 97.4 Å². The van der Waals surface area contributed by atoms with Gasteiger partial charge < -0.3 is 9.32 Å². The molecule has 3 heteroatoms. The third-order valence-electron chi connectivity index (χ3n) is 11.9. The predicted molar refractivity (Wildman–Crippen MR) is 253 cm³/mol. The van der Waals surface area contributed by atoms with Crippen molar-refractivity contribution in [2.45, 2.75) is 0 Å². The standard InChI is InChI=1S/C56H35NOS/c1-3-12-36(13-4-1)42-28-31-48-53(35-42)59-56-45(38-14-5-2-6-15-38)32-33-50(54(48)56)57(51-20-11-19-47-46-18-9-10-21-52(46)58-55(47)51)43-29-26-37(27-30-43)41-25-24-40-23-22-39-16-7-8-17-44(39)49(40)34-41/h1-35H. The average Bonchev–Trinajstić information content (AvgIpc) is 3.89. The number of fused-ring (bicyclic) bond motifs is 9. The summed E-state index contributed by atoms with van der Waals surface area (Å²) in [5.74, 6) is 0. The van der Waals surface area contributed by atoms with Crippen molar-refractivity contribution in [3.05, 3.63) is 212 Å². The van der Waals surface area contributed by atoms with Crippen molar-refractivity contribution in [3.8, 4) is 33.4 Å². The van der Waals surface area contributed by atoms with Gasteiger partial charge in [0.25, 0.3) is 0 Å². The van der Waals surface area contributed by atoms with Crippen LogP contribution in [0.3, 0.4) is 0 Å². The number of rotatable bonds is 6. The zero-order valence-corrected chi connectivity index (χ0v) is 32.8. The first kappa shape index (κ1) is 33.7. The van der Waals surface area contributed by atoms with E-state index in [1.807, 2.05) is 17.4 Å². The topological polar surface area (TPSA) is 16.4 Å². The van der Waals surface area contributed by atoms with Crippen molar-refractivity contribution in [1.29, 1.82) is 0 Å². The molecule has 2 nitrogen and oxygen atoms in total. The van der Waals surface area contributed by atoms with Crippen LogP contribution in [0.5, 0.6) is 0 Å². The highest BCUT2D eigenvalue weighted by molar-refractivity contribution is 7.26. The van der Waals surface area contributed by atoms with Gasteiger partial charge in [-0.2, -0.15) is 0 Å². The molecule has 0 bridgehead atoms. The molecule has 0 spiro atoms. The van der Waals surface area contributed by atoms with Gasteiger partial charge in [0.1, 0.15) is 5.58 Å². The lowest BCUT2D eigenvalue weighted by molar-refractivity contribution is 0.669. The number of hydrogen-bond acceptors (Lipinski definition) is 3. The maximum atomic E-state index is 6.78. The third kappa shape index (κ3) is 5.55. The van der Waals surface area contributed by atoms with E-state index in [9.17, 15) is 0 Å². The molecule has 0 atom stereocenters. The Balaban J connectivity index is 1.10. The Kier molecular flexibility index (Phi) is 7.75. The number of hydrogen-bond donors (Lipinski definition) is 0. The molecule has 0 saturated carbocycles. The van der Waals surface area contributed by atoms with Crippen LogP contribution in [0.4, 0.5) is 17.1 Å². The maximum Gasteiger partial charge on any atom is 0.159 e. The molecular weight excluding hydrogens is 735 g/mol. The molecule has 0 aliphatic heterocycles. The molecule has 2 heterocycles. The van der Waals surface area contributed by atoms with Gasteiger partial charge in [0, 0.05) is 36.6 Å². The van der Waals surface area contributed by atoms with Crippen LogP contribution in [-0.4, -0.2) is 0 Å². The minimum Gasteiger partial charge on any atom is -0.454 e. The summed E-state index contributed by atoms with van der Waals surface area (Å²) < 4.78 is 9.29. The third-order valence-corrected chi connectivity index (χ3v) is 13.0. The quantitative estimate of drug-likeness (QED) is 0.157. The summed E-state index contributed by atoms with van der Waals surface area (Å²) in [6.07, 6.45) is 0. The van der Waals surface area contributed by atoms with Gasteiger partial charge >= 0.3 is 0 Å². The van der Waals surface area contributed by atoms with Crippen LogP contribution in [0.1, 0.15) is 0 Å². The lowest BCUT2D eigenvalue weighted by atomic mass is 9.96. The van der Waals surface area contributed by atoms with Gasteiger partial charge in [0.05, 0.1) is 11.4 Å². The van der Waals surface area contributed by atoms with E-state index in [1.54, 1.807) is 0 Å². The molecule has 59 heavy (non-hydrogen) atoms. The van der Waals surface area contributed by atoms with E-state index in [2.05, 4.69) is 211 Å². The molecule has 0 aliphatic rings. The lowest BCUT2D eigenvalue weighted by Gasteiger charge is -2.27. The Labute approximate surface area is 345 Å². The Hall–Kier alpha value is -7.46. The second-order valence-electron chi connectivity index (χ2n) is 15.2. The smallest absolute Gasteiger partial charge is 0.159 e. The van der Waals surface area contributed by atoms with Gasteiger partial charge in [-0.25, -0.2) is 0 Å². The first-order valence-corrected chi connectivity index (χ1v) is 20.9. The van der Waals surface area contributed by atoms with Crippen LogP contribution < -0.4 is 4.90 Å². The summed E-state index contributed by atoms with van der Waals surface area (Å²) in [6, 6.07) is 76.9. The predicted octanol–water partition coefficient (Wildman–Crippen LogP) is 16.7. The highest BCUT2D eigenvalue weighted by atomic mass is 32.1. The van der Waals surface area contributed by atoms with Crippen molar-refractivity contribution < 1.29 is 4.42 Å². The van der Waals surface area contributed by atoms with Crippen molar-refractivity contribution in [2.24, 2.45) is 0 Å². The average molecular weight is 770 g/mol. The summed E-state index contributed by atoms with van der Waals surface area (Å²) in [5, 5.41) is 9.72. The van der Waals surface area contributed by atoms with Gasteiger partial charge in [0.2, 0.25) is 0 Å². The molecule has 10 aromatic carbocycles. The lowest BCUT2D eigenvalue weighted by Crippen LogP contribution is -2.10. The first-order chi connectivity index (χ1) is 29.2. The highest BCUT2D eigenvalue weighted by Crippen LogP contribution is 2.50. The molecule has 0 amide bonds. The summed E-state index contributed by atoms with van der Waals surface area (Å²) in [7, 11) is 0. The second kappa shape index (κ2) is 13.6. The van der Waals surface area contributed by atoms with Gasteiger partial charge in [0.15, 0.2) is 5.58 Å². The fraction of sp³-hybridized carbons (Fsp3) is 0. The summed E-state index contributed by atoms with van der Waals surface area (Å²) in [6.45, 7) is 0. The number of benzene rings is 10. The van der Waals surface area contributed by atoms with Crippen LogP contribution in [-0.2, 0) is 0 Å². The zero-order valence-electron chi connectivity index (χ0n) is 32.0. The fourth-order valence-corrected chi connectivity index (χ4v) is 10.3. The minimum absolute atomic E-state index is 0.866. The SMILES string of the molecule is c1ccc(-c2ccc3c(c2)sc2c(-c4ccccc4)ccc(N(c4ccc(-c5ccc6ccc7ccccc7c6c5)cc4)c4cccc5c4oc4ccccc45)c23)cc1. The van der Waals surface area contributed by atoms with Crippen LogP contribution in [0.25, 0.3) is 97.0 Å². The van der Waals surface area contributed by atoms with E-state index in [0.717, 1.165) is 39.0 Å². The Morgan fingerprint density at radius 3 is 1.83 bits per heavy atom. The molecule has 2 aromatic heterocycles. The minimum atomic E-state index is 0.866. The molecule has 0 fully saturated rings. The van der Waals surface area contributed by atoms with E-state index in [0.29, 0.717) is 0 Å². The number of furan rings is 1. The van der Waals surface area contributed by atoms with E-state index in [-0.39, 0.29) is 0 Å². The monoisotopic (exact) mass is 769 g/mol. The van der Waals surface area contributed by atoms with Crippen LogP contribution >= 0.6 is 11.3 Å². The zero-order chi connectivity index (χ0) is 38.9. The van der Waals surface area contributed by atoms with Crippen molar-refractivity contribution >= 4 is 92.1 Å². The van der Waals surface area contributed by atoms with E-state index in [4.69, 9.17) is 4.42 Å². The highest BCUT2D eigenvalue weighted by Gasteiger charge is 2.24. The Bertz CT molecular complexity index is 3550. The number of anilines is 3. The van der Waals surface area contributed by atoms with Crippen molar-refractivity contribution in [2.75, 3.05) is 4.90 Å². The van der Waals surface area contributed by atoms with Crippen molar-refractivity contribution in [1.82, 2.24) is 0 Å². The van der Waals surface area contributed by atoms with Gasteiger partial charge in [-0.1, -0.05) is 170 Å². The second-order valence-corrected chi connectivity index (χ2v) is 16.3. The first-order valence-electron chi connectivity index (χ1n) is 20.1. The summed E-state index contributed by atoms with van der Waals surface area (Å²) >= 11 is 1.87. The summed E-state index contributed by atoms with van der Waals surface area (Å²) in [4.78, 5) is 2.41. The number of para-hydroxylation sites is 2. The molecule has 12 rings (SSSR count). The molecule has 0 N–H and O–H groups in total. The normalized spacial score (nSPS) is 11.7. The Morgan fingerprint density at radius 2 is 1.00 bits per heavy atom. The maximum absolute atomic E-state index is 6.78. The van der Waals surface area contributed by atoms with E-state index in [1.165, 1.54) is 75.1 Å². The summed E-state index contributed by atoms with van der Waals surface area (Å²) in [5.41, 5.74) is 12.1. The molecule has 12 aromatic rings. The van der Waals surface area contributed by atoms with Gasteiger partial charge in [-0.15, -0.1) is 11.3 Å². The fourth-order valence-electron chi connectivity index (χ4n) is 9.00. The molecule has 0 unspecified atom stereocenters. The number of thiophene rings is 1. The van der Waals surface area contributed by atoms with E-state index < -0.39 is 0 Å². The molecule has 0 radical (unpaired) electrons. The largest absolute Gasteiger partial charge is 0.454 e. The number of nitrogens with zero attached hydrogens (tertiary/aromatic N) is 1. The van der Waals surface area contributed by atoms with Crippen LogP contribution in [0, 0.1) is 0 Å². The van der Waals surface area contributed by atoms with E-state index >= 15 is 0 Å². The molecule has 0 aliphatic carbocycles. The van der Waals surface area contributed by atoms with Gasteiger partial charge in [-0.3, -0.25) is 0 Å². The molecule has 276 valence electrons. The van der Waals surface area contributed by atoms with Crippen LogP contribution in [0.2, 0.25) is 0 Å².